The molecular weight excluding hydrogens is 388 g/mol. The van der Waals surface area contributed by atoms with Crippen molar-refractivity contribution in [3.05, 3.63) is 120 Å². The Balaban J connectivity index is 1.51. The lowest BCUT2D eigenvalue weighted by atomic mass is 10.1. The maximum absolute atomic E-state index is 3.58. The van der Waals surface area contributed by atoms with E-state index in [-0.39, 0.29) is 0 Å². The molecule has 1 N–H and O–H groups in total. The van der Waals surface area contributed by atoms with E-state index in [2.05, 4.69) is 133 Å². The largest absolute Gasteiger partial charge is 0.356 e. The molecular formula is C30H26N2. The van der Waals surface area contributed by atoms with Crippen molar-refractivity contribution in [2.75, 3.05) is 5.32 Å². The van der Waals surface area contributed by atoms with Gasteiger partial charge < -0.3 is 9.88 Å². The summed E-state index contributed by atoms with van der Waals surface area (Å²) in [7, 11) is 0. The highest BCUT2D eigenvalue weighted by Crippen LogP contribution is 2.33. The summed E-state index contributed by atoms with van der Waals surface area (Å²) >= 11 is 0. The van der Waals surface area contributed by atoms with Gasteiger partial charge in [-0.2, -0.15) is 0 Å². The van der Waals surface area contributed by atoms with Crippen molar-refractivity contribution in [3.63, 3.8) is 0 Å². The van der Waals surface area contributed by atoms with Gasteiger partial charge in [-0.15, -0.1) is 0 Å². The van der Waals surface area contributed by atoms with Gasteiger partial charge in [0.25, 0.3) is 0 Å². The van der Waals surface area contributed by atoms with E-state index in [9.17, 15) is 0 Å². The minimum absolute atomic E-state index is 1.08. The average molecular weight is 415 g/mol. The van der Waals surface area contributed by atoms with Gasteiger partial charge in [0.05, 0.1) is 5.52 Å². The van der Waals surface area contributed by atoms with Crippen molar-refractivity contribution in [2.24, 2.45) is 0 Å². The summed E-state index contributed by atoms with van der Waals surface area (Å²) in [5.74, 6) is 0. The molecule has 0 amide bonds. The normalized spacial score (nSPS) is 11.3. The van der Waals surface area contributed by atoms with Crippen molar-refractivity contribution in [2.45, 2.75) is 13.8 Å². The predicted molar refractivity (Wildman–Crippen MR) is 138 cm³/mol. The topological polar surface area (TPSA) is 17.0 Å². The van der Waals surface area contributed by atoms with Crippen LogP contribution in [0, 0.1) is 6.92 Å². The van der Waals surface area contributed by atoms with Gasteiger partial charge in [-0.05, 0) is 67.4 Å². The van der Waals surface area contributed by atoms with E-state index < -0.39 is 0 Å². The quantitative estimate of drug-likeness (QED) is 0.305. The van der Waals surface area contributed by atoms with Gasteiger partial charge in [0.2, 0.25) is 0 Å². The van der Waals surface area contributed by atoms with Crippen LogP contribution in [0.5, 0.6) is 0 Å². The Labute approximate surface area is 189 Å². The molecule has 156 valence electrons. The molecule has 0 aliphatic carbocycles. The minimum Gasteiger partial charge on any atom is -0.356 e. The summed E-state index contributed by atoms with van der Waals surface area (Å²) in [6.45, 7) is 4.26. The molecule has 32 heavy (non-hydrogen) atoms. The molecule has 0 aliphatic heterocycles. The Morgan fingerprint density at radius 3 is 2.00 bits per heavy atom. The zero-order valence-corrected chi connectivity index (χ0v) is 18.4. The van der Waals surface area contributed by atoms with Gasteiger partial charge in [0, 0.05) is 33.7 Å². The van der Waals surface area contributed by atoms with Crippen LogP contribution in [0.1, 0.15) is 18.2 Å². The van der Waals surface area contributed by atoms with E-state index >= 15 is 0 Å². The summed E-state index contributed by atoms with van der Waals surface area (Å²) in [5, 5.41) is 4.82. The Bertz CT molecular complexity index is 1380. The van der Waals surface area contributed by atoms with Gasteiger partial charge >= 0.3 is 0 Å². The average Bonchev–Trinajstić information content (AvgIpc) is 3.12. The second-order valence-electron chi connectivity index (χ2n) is 7.97. The molecule has 2 nitrogen and oxygen atoms in total. The number of nitrogens with zero attached hydrogens (tertiary/aromatic N) is 1. The van der Waals surface area contributed by atoms with Crippen LogP contribution in [0.15, 0.2) is 109 Å². The number of nitrogens with one attached hydrogen (secondary N) is 1. The molecule has 0 radical (unpaired) electrons. The maximum Gasteiger partial charge on any atom is 0.0539 e. The monoisotopic (exact) mass is 414 g/mol. The number of hydrogen-bond donors (Lipinski definition) is 1. The highest BCUT2D eigenvalue weighted by atomic mass is 15.0. The summed E-state index contributed by atoms with van der Waals surface area (Å²) < 4.78 is 2.34. The number of fused-ring (bicyclic) bond motifs is 1. The van der Waals surface area contributed by atoms with Crippen molar-refractivity contribution >= 4 is 28.4 Å². The third-order valence-electron chi connectivity index (χ3n) is 5.88. The van der Waals surface area contributed by atoms with Crippen molar-refractivity contribution < 1.29 is 0 Å². The fourth-order valence-corrected chi connectivity index (χ4v) is 4.35. The third kappa shape index (κ3) is 3.72. The number of anilines is 2. The van der Waals surface area contributed by atoms with Crippen LogP contribution in [-0.4, -0.2) is 4.57 Å². The van der Waals surface area contributed by atoms with E-state index in [1.54, 1.807) is 0 Å². The lowest BCUT2D eigenvalue weighted by Gasteiger charge is -2.10. The van der Waals surface area contributed by atoms with Gasteiger partial charge in [-0.3, -0.25) is 0 Å². The molecule has 0 spiro atoms. The van der Waals surface area contributed by atoms with Crippen LogP contribution < -0.4 is 5.32 Å². The molecule has 0 aliphatic rings. The zero-order valence-electron chi connectivity index (χ0n) is 18.4. The number of para-hydroxylation sites is 1. The number of hydrogen-bond acceptors (Lipinski definition) is 1. The van der Waals surface area contributed by atoms with E-state index in [4.69, 9.17) is 0 Å². The van der Waals surface area contributed by atoms with E-state index in [1.165, 1.54) is 39.0 Å². The molecule has 2 heteroatoms. The van der Waals surface area contributed by atoms with Crippen LogP contribution >= 0.6 is 0 Å². The highest BCUT2D eigenvalue weighted by molar-refractivity contribution is 5.95. The molecule has 0 unspecified atom stereocenters. The van der Waals surface area contributed by atoms with Crippen molar-refractivity contribution in [1.82, 2.24) is 4.57 Å². The number of aromatic nitrogens is 1. The van der Waals surface area contributed by atoms with Crippen molar-refractivity contribution in [3.8, 4) is 16.8 Å². The molecule has 1 heterocycles. The lowest BCUT2D eigenvalue weighted by molar-refractivity contribution is 1.05. The van der Waals surface area contributed by atoms with Gasteiger partial charge in [-0.25, -0.2) is 0 Å². The van der Waals surface area contributed by atoms with Gasteiger partial charge in [0.1, 0.15) is 0 Å². The zero-order chi connectivity index (χ0) is 21.9. The van der Waals surface area contributed by atoms with Crippen LogP contribution in [0.3, 0.4) is 0 Å². The summed E-state index contributed by atoms with van der Waals surface area (Å²) in [5.41, 5.74) is 9.52. The second kappa shape index (κ2) is 8.60. The predicted octanol–water partition coefficient (Wildman–Crippen LogP) is 8.38. The van der Waals surface area contributed by atoms with Crippen molar-refractivity contribution in [1.29, 1.82) is 0 Å². The third-order valence-corrected chi connectivity index (χ3v) is 5.88. The Kier molecular flexibility index (Phi) is 5.35. The SMILES string of the molecule is C/C=C\c1c(C)n(-c2ccccc2)c2ccc(Nc3ccc(-c4ccccc4)cc3)cc12. The van der Waals surface area contributed by atoms with Crippen LogP contribution in [0.2, 0.25) is 0 Å². The molecule has 0 fully saturated rings. The fourth-order valence-electron chi connectivity index (χ4n) is 4.35. The smallest absolute Gasteiger partial charge is 0.0539 e. The molecule has 0 saturated carbocycles. The number of allylic oxidation sites excluding steroid dienone is 1. The summed E-state index contributed by atoms with van der Waals surface area (Å²) in [6, 6.07) is 36.2. The molecule has 0 atom stereocenters. The summed E-state index contributed by atoms with van der Waals surface area (Å²) in [4.78, 5) is 0. The first-order valence-electron chi connectivity index (χ1n) is 11.0. The molecule has 0 saturated heterocycles. The number of rotatable bonds is 5. The van der Waals surface area contributed by atoms with E-state index in [0.29, 0.717) is 0 Å². The fraction of sp³-hybridized carbons (Fsp3) is 0.0667. The molecule has 0 bridgehead atoms. The van der Waals surface area contributed by atoms with Gasteiger partial charge in [0.15, 0.2) is 0 Å². The minimum atomic E-state index is 1.08. The standard InChI is InChI=1S/C30H26N2/c1-3-10-28-22(2)32(27-13-8-5-9-14-27)30-20-19-26(21-29(28)30)31-25-17-15-24(16-18-25)23-11-6-4-7-12-23/h3-21,31H,1-2H3/b10-3-. The highest BCUT2D eigenvalue weighted by Gasteiger charge is 2.14. The maximum atomic E-state index is 3.58. The van der Waals surface area contributed by atoms with Crippen LogP contribution in [0.25, 0.3) is 33.8 Å². The second-order valence-corrected chi connectivity index (χ2v) is 7.97. The van der Waals surface area contributed by atoms with Gasteiger partial charge in [-0.1, -0.05) is 72.8 Å². The molecule has 5 rings (SSSR count). The Hall–Kier alpha value is -4.04. The number of benzene rings is 4. The lowest BCUT2D eigenvalue weighted by Crippen LogP contribution is -1.96. The first-order chi connectivity index (χ1) is 15.7. The molecule has 1 aromatic heterocycles. The van der Waals surface area contributed by atoms with E-state index in [0.717, 1.165) is 11.4 Å². The molecule has 4 aromatic carbocycles. The van der Waals surface area contributed by atoms with E-state index in [1.807, 2.05) is 6.07 Å². The Morgan fingerprint density at radius 1 is 0.688 bits per heavy atom. The first kappa shape index (κ1) is 19.9. The Morgan fingerprint density at radius 2 is 1.31 bits per heavy atom. The first-order valence-corrected chi connectivity index (χ1v) is 11.0. The van der Waals surface area contributed by atoms with Crippen LogP contribution in [-0.2, 0) is 0 Å². The molecule has 5 aromatic rings. The summed E-state index contributed by atoms with van der Waals surface area (Å²) in [6.07, 6.45) is 4.31. The van der Waals surface area contributed by atoms with Crippen LogP contribution in [0.4, 0.5) is 11.4 Å².